The Labute approximate surface area is 180 Å². The first kappa shape index (κ1) is 25.0. The van der Waals surface area contributed by atoms with Crippen LogP contribution < -0.4 is 15.8 Å². The van der Waals surface area contributed by atoms with E-state index in [1.54, 1.807) is 0 Å². The highest BCUT2D eigenvalue weighted by atomic mass is 35.5. The maximum Gasteiger partial charge on any atom is 0.223 e. The Balaban J connectivity index is 0.00000196. The zero-order chi connectivity index (χ0) is 18.2. The molecule has 2 fully saturated rings. The summed E-state index contributed by atoms with van der Waals surface area (Å²) in [5.74, 6) is 1.40. The maximum absolute atomic E-state index is 12.4. The van der Waals surface area contributed by atoms with Crippen LogP contribution in [-0.4, -0.2) is 56.8 Å². The number of nitrogens with one attached hydrogen (secondary N) is 1. The van der Waals surface area contributed by atoms with E-state index in [1.807, 2.05) is 24.3 Å². The summed E-state index contributed by atoms with van der Waals surface area (Å²) >= 11 is 0. The lowest BCUT2D eigenvalue weighted by atomic mass is 9.95. The van der Waals surface area contributed by atoms with E-state index in [0.29, 0.717) is 25.6 Å². The molecule has 1 aromatic carbocycles. The minimum atomic E-state index is 0. The van der Waals surface area contributed by atoms with Crippen LogP contribution in [0, 0.1) is 11.8 Å². The molecule has 1 heterocycles. The van der Waals surface area contributed by atoms with Gasteiger partial charge in [-0.15, -0.1) is 24.8 Å². The summed E-state index contributed by atoms with van der Waals surface area (Å²) in [4.78, 5) is 14.8. The number of nitrogens with zero attached hydrogens (tertiary/aromatic N) is 1. The third-order valence-corrected chi connectivity index (χ3v) is 5.44. The van der Waals surface area contributed by atoms with E-state index in [4.69, 9.17) is 15.2 Å². The van der Waals surface area contributed by atoms with Gasteiger partial charge in [-0.05, 0) is 43.0 Å². The van der Waals surface area contributed by atoms with E-state index < -0.39 is 0 Å². The fourth-order valence-electron chi connectivity index (χ4n) is 3.85. The lowest BCUT2D eigenvalue weighted by Crippen LogP contribution is -2.38. The van der Waals surface area contributed by atoms with Crippen molar-refractivity contribution in [2.45, 2.75) is 25.8 Å². The van der Waals surface area contributed by atoms with Crippen LogP contribution in [0.15, 0.2) is 24.3 Å². The third kappa shape index (κ3) is 7.41. The number of morpholine rings is 1. The number of benzene rings is 1. The van der Waals surface area contributed by atoms with E-state index in [0.717, 1.165) is 63.4 Å². The number of carbonyl (C=O) groups excluding carboxylic acids is 1. The molecule has 8 heteroatoms. The van der Waals surface area contributed by atoms with Crippen molar-refractivity contribution in [3.63, 3.8) is 0 Å². The molecule has 0 aromatic heterocycles. The van der Waals surface area contributed by atoms with Crippen molar-refractivity contribution in [2.24, 2.45) is 17.6 Å². The number of ether oxygens (including phenoxy) is 2. The lowest BCUT2D eigenvalue weighted by Gasteiger charge is -2.26. The van der Waals surface area contributed by atoms with Gasteiger partial charge in [-0.3, -0.25) is 9.69 Å². The number of hydrogen-bond acceptors (Lipinski definition) is 5. The predicted octanol–water partition coefficient (Wildman–Crippen LogP) is 2.23. The molecular formula is C20H33Cl2N3O3. The van der Waals surface area contributed by atoms with E-state index in [9.17, 15) is 4.79 Å². The number of halogens is 2. The second-order valence-electron chi connectivity index (χ2n) is 7.20. The Kier molecular flexibility index (Phi) is 11.8. The maximum atomic E-state index is 12.4. The van der Waals surface area contributed by atoms with Crippen molar-refractivity contribution in [3.05, 3.63) is 29.8 Å². The quantitative estimate of drug-likeness (QED) is 0.656. The van der Waals surface area contributed by atoms with Gasteiger partial charge in [0.25, 0.3) is 0 Å². The molecule has 160 valence electrons. The number of nitrogens with two attached hydrogens (primary N) is 1. The first-order chi connectivity index (χ1) is 12.8. The summed E-state index contributed by atoms with van der Waals surface area (Å²) < 4.78 is 11.2. The standard InChI is InChI=1S/C20H31N3O3.2ClH/c21-14-17-4-2-6-19(17)20(24)22-15-16-3-1-5-18(13-16)26-12-9-23-7-10-25-11-8-23;;/h1,3,5,13,17,19H,2,4,6-12,14-15,21H2,(H,22,24);2*1H/t17-,19-;;/m1../s1. The average Bonchev–Trinajstić information content (AvgIpc) is 3.16. The monoisotopic (exact) mass is 433 g/mol. The molecule has 1 saturated heterocycles. The van der Waals surface area contributed by atoms with Gasteiger partial charge in [0.15, 0.2) is 0 Å². The molecule has 6 nitrogen and oxygen atoms in total. The molecule has 1 aliphatic carbocycles. The summed E-state index contributed by atoms with van der Waals surface area (Å²) in [6.45, 7) is 6.27. The zero-order valence-electron chi connectivity index (χ0n) is 16.3. The number of carbonyl (C=O) groups is 1. The Hall–Kier alpha value is -1.05. The average molecular weight is 434 g/mol. The van der Waals surface area contributed by atoms with Crippen molar-refractivity contribution in [1.82, 2.24) is 10.2 Å². The van der Waals surface area contributed by atoms with Crippen LogP contribution in [0.2, 0.25) is 0 Å². The van der Waals surface area contributed by atoms with Gasteiger partial charge in [-0.2, -0.15) is 0 Å². The number of hydrogen-bond donors (Lipinski definition) is 2. The van der Waals surface area contributed by atoms with Crippen LogP contribution in [0.4, 0.5) is 0 Å². The molecule has 2 atom stereocenters. The molecule has 0 spiro atoms. The summed E-state index contributed by atoms with van der Waals surface area (Å²) in [6.07, 6.45) is 3.13. The fourth-order valence-corrected chi connectivity index (χ4v) is 3.85. The summed E-state index contributed by atoms with van der Waals surface area (Å²) in [6, 6.07) is 7.97. The van der Waals surface area contributed by atoms with Gasteiger partial charge in [-0.1, -0.05) is 18.6 Å². The first-order valence-electron chi connectivity index (χ1n) is 9.76. The Morgan fingerprint density at radius 3 is 2.79 bits per heavy atom. The minimum Gasteiger partial charge on any atom is -0.492 e. The molecule has 28 heavy (non-hydrogen) atoms. The van der Waals surface area contributed by atoms with Crippen LogP contribution in [0.1, 0.15) is 24.8 Å². The van der Waals surface area contributed by atoms with Crippen molar-refractivity contribution in [1.29, 1.82) is 0 Å². The van der Waals surface area contributed by atoms with Crippen LogP contribution in [0.25, 0.3) is 0 Å². The highest BCUT2D eigenvalue weighted by Gasteiger charge is 2.31. The van der Waals surface area contributed by atoms with E-state index >= 15 is 0 Å². The van der Waals surface area contributed by atoms with E-state index in [-0.39, 0.29) is 36.6 Å². The third-order valence-electron chi connectivity index (χ3n) is 5.44. The molecule has 1 saturated carbocycles. The molecule has 0 bridgehead atoms. The summed E-state index contributed by atoms with van der Waals surface area (Å²) in [5.41, 5.74) is 6.84. The highest BCUT2D eigenvalue weighted by molar-refractivity contribution is 5.85. The van der Waals surface area contributed by atoms with E-state index in [2.05, 4.69) is 10.2 Å². The highest BCUT2D eigenvalue weighted by Crippen LogP contribution is 2.31. The second-order valence-corrected chi connectivity index (χ2v) is 7.20. The van der Waals surface area contributed by atoms with Crippen LogP contribution in [0.3, 0.4) is 0 Å². The smallest absolute Gasteiger partial charge is 0.223 e. The zero-order valence-corrected chi connectivity index (χ0v) is 17.9. The van der Waals surface area contributed by atoms with Gasteiger partial charge in [0.2, 0.25) is 5.91 Å². The molecule has 0 radical (unpaired) electrons. The largest absolute Gasteiger partial charge is 0.492 e. The van der Waals surface area contributed by atoms with Crippen molar-refractivity contribution >= 4 is 30.7 Å². The molecule has 3 rings (SSSR count). The topological polar surface area (TPSA) is 76.8 Å². The Morgan fingerprint density at radius 1 is 1.25 bits per heavy atom. The SMILES string of the molecule is Cl.Cl.NC[C@H]1CCC[C@H]1C(=O)NCc1cccc(OCCN2CCOCC2)c1. The van der Waals surface area contributed by atoms with Crippen molar-refractivity contribution in [2.75, 3.05) is 46.0 Å². The van der Waals surface area contributed by atoms with Gasteiger partial charge < -0.3 is 20.5 Å². The molecule has 3 N–H and O–H groups in total. The Morgan fingerprint density at radius 2 is 2.04 bits per heavy atom. The normalized spacial score (nSPS) is 22.0. The molecule has 0 unspecified atom stereocenters. The summed E-state index contributed by atoms with van der Waals surface area (Å²) in [5, 5.41) is 3.07. The van der Waals surface area contributed by atoms with E-state index in [1.165, 1.54) is 0 Å². The van der Waals surface area contributed by atoms with Crippen molar-refractivity contribution < 1.29 is 14.3 Å². The summed E-state index contributed by atoms with van der Waals surface area (Å²) in [7, 11) is 0. The van der Waals surface area contributed by atoms with Gasteiger partial charge in [0, 0.05) is 32.1 Å². The van der Waals surface area contributed by atoms with Gasteiger partial charge in [-0.25, -0.2) is 0 Å². The molecule has 1 aromatic rings. The van der Waals surface area contributed by atoms with Crippen molar-refractivity contribution in [3.8, 4) is 5.75 Å². The minimum absolute atomic E-state index is 0. The van der Waals surface area contributed by atoms with Gasteiger partial charge >= 0.3 is 0 Å². The fraction of sp³-hybridized carbons (Fsp3) is 0.650. The van der Waals surface area contributed by atoms with Crippen LogP contribution >= 0.6 is 24.8 Å². The molecule has 1 amide bonds. The molecular weight excluding hydrogens is 401 g/mol. The Bertz CT molecular complexity index is 586. The molecule has 1 aliphatic heterocycles. The first-order valence-corrected chi connectivity index (χ1v) is 9.76. The van der Waals surface area contributed by atoms with Gasteiger partial charge in [0.05, 0.1) is 13.2 Å². The second kappa shape index (κ2) is 13.2. The van der Waals surface area contributed by atoms with Crippen LogP contribution in [0.5, 0.6) is 5.75 Å². The predicted molar refractivity (Wildman–Crippen MR) is 115 cm³/mol. The number of amides is 1. The van der Waals surface area contributed by atoms with Crippen LogP contribution in [-0.2, 0) is 16.1 Å². The van der Waals surface area contributed by atoms with Gasteiger partial charge in [0.1, 0.15) is 12.4 Å². The molecule has 2 aliphatic rings. The lowest BCUT2D eigenvalue weighted by molar-refractivity contribution is -0.126. The number of rotatable bonds is 8.